The van der Waals surface area contributed by atoms with Gasteiger partial charge in [-0.15, -0.1) is 0 Å². The number of halogens is 1. The van der Waals surface area contributed by atoms with Crippen LogP contribution in [0.3, 0.4) is 0 Å². The van der Waals surface area contributed by atoms with Gasteiger partial charge in [-0.3, -0.25) is 0 Å². The number of nitrogens with zero attached hydrogens (tertiary/aromatic N) is 3. The summed E-state index contributed by atoms with van der Waals surface area (Å²) in [5, 5.41) is 0.447. The third-order valence-electron chi connectivity index (χ3n) is 4.21. The summed E-state index contributed by atoms with van der Waals surface area (Å²) in [6.07, 6.45) is 2.90. The standard InChI is InChI=1S/C17H20ClN3O3S/c1-12-15(18)6-3-7-16(12)25(22,23)21-10-4-5-14(11-21)24-17-8-9-19-13(2)20-17/h3,6-9,14H,4-5,10-11H2,1-2H3. The third kappa shape index (κ3) is 3.94. The Morgan fingerprint density at radius 3 is 2.84 bits per heavy atom. The quantitative estimate of drug-likeness (QED) is 0.814. The topological polar surface area (TPSA) is 72.4 Å². The summed E-state index contributed by atoms with van der Waals surface area (Å²) >= 11 is 6.09. The van der Waals surface area contributed by atoms with E-state index in [9.17, 15) is 8.42 Å². The molecule has 1 fully saturated rings. The molecule has 0 spiro atoms. The average molecular weight is 382 g/mol. The van der Waals surface area contributed by atoms with Gasteiger partial charge in [0, 0.05) is 23.8 Å². The first kappa shape index (κ1) is 18.1. The Bertz CT molecular complexity index is 873. The van der Waals surface area contributed by atoms with Crippen LogP contribution in [0, 0.1) is 13.8 Å². The monoisotopic (exact) mass is 381 g/mol. The van der Waals surface area contributed by atoms with E-state index >= 15 is 0 Å². The number of benzene rings is 1. The molecule has 2 aromatic rings. The molecule has 1 saturated heterocycles. The van der Waals surface area contributed by atoms with E-state index in [0.717, 1.165) is 12.8 Å². The molecule has 8 heteroatoms. The van der Waals surface area contributed by atoms with Gasteiger partial charge in [0.2, 0.25) is 15.9 Å². The molecule has 0 saturated carbocycles. The van der Waals surface area contributed by atoms with Crippen LogP contribution in [0.4, 0.5) is 0 Å². The minimum Gasteiger partial charge on any atom is -0.473 e. The number of hydrogen-bond acceptors (Lipinski definition) is 5. The average Bonchev–Trinajstić information content (AvgIpc) is 2.57. The SMILES string of the molecule is Cc1nccc(OC2CCCN(S(=O)(=O)c3cccc(Cl)c3C)C2)n1. The molecule has 1 aliphatic rings. The Morgan fingerprint density at radius 2 is 2.08 bits per heavy atom. The van der Waals surface area contributed by atoms with Crippen molar-refractivity contribution >= 4 is 21.6 Å². The Kier molecular flexibility index (Phi) is 5.27. The molecule has 1 unspecified atom stereocenters. The summed E-state index contributed by atoms with van der Waals surface area (Å²) in [5.41, 5.74) is 0.568. The number of rotatable bonds is 4. The summed E-state index contributed by atoms with van der Waals surface area (Å²) in [7, 11) is -3.61. The molecule has 0 N–H and O–H groups in total. The van der Waals surface area contributed by atoms with E-state index in [-0.39, 0.29) is 17.5 Å². The van der Waals surface area contributed by atoms with Crippen molar-refractivity contribution in [3.05, 3.63) is 46.9 Å². The van der Waals surface area contributed by atoms with Crippen LogP contribution in [0.2, 0.25) is 5.02 Å². The van der Waals surface area contributed by atoms with Gasteiger partial charge in [0.05, 0.1) is 11.4 Å². The molecule has 134 valence electrons. The molecule has 0 bridgehead atoms. The Morgan fingerprint density at radius 1 is 1.28 bits per heavy atom. The van der Waals surface area contributed by atoms with E-state index in [0.29, 0.717) is 28.8 Å². The summed E-state index contributed by atoms with van der Waals surface area (Å²) < 4.78 is 33.3. The van der Waals surface area contributed by atoms with Crippen molar-refractivity contribution in [3.63, 3.8) is 0 Å². The van der Waals surface area contributed by atoms with E-state index in [1.165, 1.54) is 4.31 Å². The third-order valence-corrected chi connectivity index (χ3v) is 6.63. The maximum Gasteiger partial charge on any atom is 0.243 e. The van der Waals surface area contributed by atoms with Crippen molar-refractivity contribution in [2.75, 3.05) is 13.1 Å². The van der Waals surface area contributed by atoms with Crippen LogP contribution in [0.5, 0.6) is 5.88 Å². The fourth-order valence-electron chi connectivity index (χ4n) is 2.90. The minimum atomic E-state index is -3.61. The highest BCUT2D eigenvalue weighted by atomic mass is 35.5. The van der Waals surface area contributed by atoms with E-state index < -0.39 is 10.0 Å². The van der Waals surface area contributed by atoms with Crippen LogP contribution in [0.15, 0.2) is 35.4 Å². The second-order valence-electron chi connectivity index (χ2n) is 6.05. The first-order valence-electron chi connectivity index (χ1n) is 8.09. The predicted octanol–water partition coefficient (Wildman–Crippen LogP) is 2.98. The minimum absolute atomic E-state index is 0.239. The molecule has 1 atom stereocenters. The van der Waals surface area contributed by atoms with Crippen molar-refractivity contribution in [1.29, 1.82) is 0 Å². The zero-order valence-corrected chi connectivity index (χ0v) is 15.7. The summed E-state index contributed by atoms with van der Waals surface area (Å²) in [6, 6.07) is 6.62. The number of aromatic nitrogens is 2. The number of hydrogen-bond donors (Lipinski definition) is 0. The molecule has 0 aliphatic carbocycles. The molecular formula is C17H20ClN3O3S. The fourth-order valence-corrected chi connectivity index (χ4v) is 4.88. The Labute approximate surface area is 152 Å². The van der Waals surface area contributed by atoms with E-state index in [1.54, 1.807) is 44.3 Å². The van der Waals surface area contributed by atoms with Crippen molar-refractivity contribution in [1.82, 2.24) is 14.3 Å². The zero-order chi connectivity index (χ0) is 18.0. The largest absolute Gasteiger partial charge is 0.473 e. The molecule has 3 rings (SSSR count). The van der Waals surface area contributed by atoms with E-state index in [1.807, 2.05) is 0 Å². The van der Waals surface area contributed by atoms with Gasteiger partial charge >= 0.3 is 0 Å². The van der Waals surface area contributed by atoms with Gasteiger partial charge in [0.25, 0.3) is 0 Å². The van der Waals surface area contributed by atoms with Crippen LogP contribution in [0.1, 0.15) is 24.2 Å². The lowest BCUT2D eigenvalue weighted by Crippen LogP contribution is -2.44. The molecule has 1 aliphatic heterocycles. The number of ether oxygens (including phenoxy) is 1. The molecule has 25 heavy (non-hydrogen) atoms. The maximum absolute atomic E-state index is 13.0. The maximum atomic E-state index is 13.0. The van der Waals surface area contributed by atoms with Crippen molar-refractivity contribution in [3.8, 4) is 5.88 Å². The molecule has 0 radical (unpaired) electrons. The lowest BCUT2D eigenvalue weighted by Gasteiger charge is -2.32. The predicted molar refractivity (Wildman–Crippen MR) is 95.4 cm³/mol. The number of aryl methyl sites for hydroxylation is 1. The van der Waals surface area contributed by atoms with Crippen LogP contribution < -0.4 is 4.74 Å². The second-order valence-corrected chi connectivity index (χ2v) is 8.36. The molecule has 2 heterocycles. The normalized spacial score (nSPS) is 18.9. The van der Waals surface area contributed by atoms with Gasteiger partial charge in [0.1, 0.15) is 11.9 Å². The summed E-state index contributed by atoms with van der Waals surface area (Å²) in [5.74, 6) is 1.09. The lowest BCUT2D eigenvalue weighted by molar-refractivity contribution is 0.124. The molecule has 1 aromatic heterocycles. The van der Waals surface area contributed by atoms with Crippen molar-refractivity contribution < 1.29 is 13.2 Å². The van der Waals surface area contributed by atoms with Gasteiger partial charge in [0.15, 0.2) is 0 Å². The van der Waals surface area contributed by atoms with Crippen molar-refractivity contribution in [2.24, 2.45) is 0 Å². The van der Waals surface area contributed by atoms with E-state index in [2.05, 4.69) is 9.97 Å². The molecule has 0 amide bonds. The highest BCUT2D eigenvalue weighted by Gasteiger charge is 2.32. The first-order valence-corrected chi connectivity index (χ1v) is 9.91. The number of sulfonamides is 1. The second kappa shape index (κ2) is 7.27. The van der Waals surface area contributed by atoms with Gasteiger partial charge in [-0.1, -0.05) is 17.7 Å². The summed E-state index contributed by atoms with van der Waals surface area (Å²) in [4.78, 5) is 8.50. The molecular weight excluding hydrogens is 362 g/mol. The fraction of sp³-hybridized carbons (Fsp3) is 0.412. The Hall–Kier alpha value is -1.70. The van der Waals surface area contributed by atoms with Crippen LogP contribution in [-0.4, -0.2) is 41.9 Å². The molecule has 1 aromatic carbocycles. The first-order chi connectivity index (χ1) is 11.9. The smallest absolute Gasteiger partial charge is 0.243 e. The number of piperidine rings is 1. The van der Waals surface area contributed by atoms with Gasteiger partial charge in [-0.25, -0.2) is 13.4 Å². The highest BCUT2D eigenvalue weighted by Crippen LogP contribution is 2.28. The van der Waals surface area contributed by atoms with Crippen LogP contribution >= 0.6 is 11.6 Å². The van der Waals surface area contributed by atoms with Gasteiger partial charge in [-0.2, -0.15) is 9.29 Å². The molecule has 6 nitrogen and oxygen atoms in total. The lowest BCUT2D eigenvalue weighted by atomic mass is 10.1. The zero-order valence-electron chi connectivity index (χ0n) is 14.1. The van der Waals surface area contributed by atoms with Crippen molar-refractivity contribution in [2.45, 2.75) is 37.7 Å². The Balaban J connectivity index is 1.79. The van der Waals surface area contributed by atoms with Crippen LogP contribution in [0.25, 0.3) is 0 Å². The van der Waals surface area contributed by atoms with Gasteiger partial charge < -0.3 is 4.74 Å². The van der Waals surface area contributed by atoms with Crippen LogP contribution in [-0.2, 0) is 10.0 Å². The van der Waals surface area contributed by atoms with E-state index in [4.69, 9.17) is 16.3 Å². The van der Waals surface area contributed by atoms with Gasteiger partial charge in [-0.05, 0) is 44.4 Å². The highest BCUT2D eigenvalue weighted by molar-refractivity contribution is 7.89. The summed E-state index contributed by atoms with van der Waals surface area (Å²) in [6.45, 7) is 4.26.